The predicted octanol–water partition coefficient (Wildman–Crippen LogP) is 4.18. The maximum Gasteiger partial charge on any atom is 0.296 e. The van der Waals surface area contributed by atoms with Crippen LogP contribution in [0.4, 0.5) is 5.69 Å². The second-order valence-electron chi connectivity index (χ2n) is 11.3. The van der Waals surface area contributed by atoms with Gasteiger partial charge >= 0.3 is 0 Å². The summed E-state index contributed by atoms with van der Waals surface area (Å²) in [5, 5.41) is 11.8. The molecule has 0 aliphatic carbocycles. The highest BCUT2D eigenvalue weighted by molar-refractivity contribution is 7.89. The highest BCUT2D eigenvalue weighted by atomic mass is 32.2. The molecule has 10 nitrogen and oxygen atoms in total. The maximum atomic E-state index is 14.5. The minimum absolute atomic E-state index is 0.0686. The number of aromatic nitrogens is 1. The number of nitrogens with zero attached hydrogens (tertiary/aromatic N) is 4. The molecule has 0 bridgehead atoms. The van der Waals surface area contributed by atoms with Crippen molar-refractivity contribution in [2.75, 3.05) is 24.5 Å². The largest absolute Gasteiger partial charge is 0.507 e. The first-order chi connectivity index (χ1) is 21.2. The number of ketones is 1. The lowest BCUT2D eigenvalue weighted by Gasteiger charge is -2.34. The zero-order chi connectivity index (χ0) is 31.1. The first-order valence-electron chi connectivity index (χ1n) is 14.9. The van der Waals surface area contributed by atoms with Crippen molar-refractivity contribution in [3.63, 3.8) is 0 Å². The summed E-state index contributed by atoms with van der Waals surface area (Å²) in [5.41, 5.74) is -0.554. The van der Waals surface area contributed by atoms with Crippen LogP contribution in [0.5, 0.6) is 0 Å². The standard InChI is InChI=1S/C33H34N4O6S/c1-2-18-36-27-12-6-5-11-26(27)33(32(36)41)28(30(39)31(40)37(33)22-23-10-9-17-34-21-23)29(38)24-13-15-25(16-14-24)44(42,43)35-19-7-3-4-8-20-35/h5-6,9-17,21,38H,2-4,7-8,18-20,22H2,1H3/b29-28+. The number of Topliss-reactive ketones (excluding diaryl/α,β-unsaturated/α-hetero) is 1. The SMILES string of the molecule is CCCN1C(=O)C2(/C(=C(/O)c3ccc(S(=O)(=O)N4CCCCCC4)cc3)C(=O)C(=O)N2Cc2cccnc2)c2ccccc21. The molecular weight excluding hydrogens is 580 g/mol. The van der Waals surface area contributed by atoms with E-state index in [-0.39, 0.29) is 22.6 Å². The van der Waals surface area contributed by atoms with Gasteiger partial charge in [-0.25, -0.2) is 8.42 Å². The van der Waals surface area contributed by atoms with Crippen LogP contribution >= 0.6 is 0 Å². The second kappa shape index (κ2) is 11.6. The highest BCUT2D eigenvalue weighted by Crippen LogP contribution is 2.54. The summed E-state index contributed by atoms with van der Waals surface area (Å²) in [5.74, 6) is -2.96. The number of hydrogen-bond donors (Lipinski definition) is 1. The predicted molar refractivity (Wildman–Crippen MR) is 164 cm³/mol. The molecule has 4 heterocycles. The van der Waals surface area contributed by atoms with Gasteiger partial charge in [-0.15, -0.1) is 0 Å². The Morgan fingerprint density at radius 3 is 2.30 bits per heavy atom. The van der Waals surface area contributed by atoms with Gasteiger partial charge in [-0.05, 0) is 61.2 Å². The summed E-state index contributed by atoms with van der Waals surface area (Å²) in [6.07, 6.45) is 7.32. The van der Waals surface area contributed by atoms with Gasteiger partial charge in [0.2, 0.25) is 10.0 Å². The molecular formula is C33H34N4O6S. The molecule has 11 heteroatoms. The van der Waals surface area contributed by atoms with E-state index in [2.05, 4.69) is 4.98 Å². The van der Waals surface area contributed by atoms with Crippen molar-refractivity contribution in [2.45, 2.75) is 56.0 Å². The van der Waals surface area contributed by atoms with Gasteiger partial charge in [0.15, 0.2) is 5.54 Å². The van der Waals surface area contributed by atoms with Crippen LogP contribution in [0.1, 0.15) is 55.7 Å². The van der Waals surface area contributed by atoms with Gasteiger partial charge in [0.1, 0.15) is 5.76 Å². The fourth-order valence-corrected chi connectivity index (χ4v) is 8.08. The molecule has 2 aromatic carbocycles. The number of carbonyl (C=O) groups excluding carboxylic acids is 3. The van der Waals surface area contributed by atoms with Gasteiger partial charge in [-0.3, -0.25) is 19.4 Å². The zero-order valence-corrected chi connectivity index (χ0v) is 25.3. The van der Waals surface area contributed by atoms with Gasteiger partial charge in [-0.1, -0.05) is 44.0 Å². The molecule has 1 aromatic heterocycles. The summed E-state index contributed by atoms with van der Waals surface area (Å²) in [7, 11) is -3.75. The Kier molecular flexibility index (Phi) is 7.85. The molecule has 0 radical (unpaired) electrons. The maximum absolute atomic E-state index is 14.5. The van der Waals surface area contributed by atoms with Crippen LogP contribution in [0.15, 0.2) is 83.5 Å². The Balaban J connectivity index is 1.50. The molecule has 1 N–H and O–H groups in total. The number of hydrogen-bond acceptors (Lipinski definition) is 7. The van der Waals surface area contributed by atoms with Crippen LogP contribution in [-0.4, -0.2) is 64.9 Å². The molecule has 44 heavy (non-hydrogen) atoms. The third kappa shape index (κ3) is 4.62. The minimum atomic E-state index is -3.75. The molecule has 0 saturated carbocycles. The number of para-hydroxylation sites is 1. The fourth-order valence-electron chi connectivity index (χ4n) is 6.57. The summed E-state index contributed by atoms with van der Waals surface area (Å²) in [6.45, 7) is 3.07. The molecule has 2 fully saturated rings. The van der Waals surface area contributed by atoms with E-state index in [1.165, 1.54) is 33.5 Å². The van der Waals surface area contributed by atoms with Crippen molar-refractivity contribution in [2.24, 2.45) is 0 Å². The molecule has 228 valence electrons. The normalized spacial score (nSPS) is 22.1. The fraction of sp³-hybridized carbons (Fsp3) is 0.333. The van der Waals surface area contributed by atoms with E-state index in [9.17, 15) is 27.9 Å². The van der Waals surface area contributed by atoms with Crippen molar-refractivity contribution >= 4 is 39.1 Å². The van der Waals surface area contributed by atoms with E-state index in [1.54, 1.807) is 53.7 Å². The Morgan fingerprint density at radius 1 is 0.932 bits per heavy atom. The Labute approximate surface area is 256 Å². The second-order valence-corrected chi connectivity index (χ2v) is 13.3. The molecule has 2 amide bonds. The van der Waals surface area contributed by atoms with Crippen LogP contribution in [0.25, 0.3) is 5.76 Å². The molecule has 1 spiro atoms. The lowest BCUT2D eigenvalue weighted by atomic mass is 9.81. The monoisotopic (exact) mass is 614 g/mol. The molecule has 6 rings (SSSR count). The number of pyridine rings is 1. The van der Waals surface area contributed by atoms with E-state index < -0.39 is 38.9 Å². The van der Waals surface area contributed by atoms with E-state index in [1.807, 2.05) is 6.92 Å². The van der Waals surface area contributed by atoms with Gasteiger partial charge in [0.05, 0.1) is 16.2 Å². The average Bonchev–Trinajstić information content (AvgIpc) is 3.25. The number of aliphatic hydroxyl groups excluding tert-OH is 1. The van der Waals surface area contributed by atoms with Crippen LogP contribution in [0.3, 0.4) is 0 Å². The highest BCUT2D eigenvalue weighted by Gasteiger charge is 2.67. The third-order valence-electron chi connectivity index (χ3n) is 8.65. The number of fused-ring (bicyclic) bond motifs is 2. The van der Waals surface area contributed by atoms with Gasteiger partial charge in [0, 0.05) is 49.7 Å². The Bertz CT molecular complexity index is 1750. The molecule has 3 aromatic rings. The number of likely N-dealkylation sites (tertiary alicyclic amines) is 1. The summed E-state index contributed by atoms with van der Waals surface area (Å²) < 4.78 is 28.2. The lowest BCUT2D eigenvalue weighted by Crippen LogP contribution is -2.51. The average molecular weight is 615 g/mol. The Morgan fingerprint density at radius 2 is 1.64 bits per heavy atom. The number of amides is 2. The molecule has 2 saturated heterocycles. The van der Waals surface area contributed by atoms with E-state index in [0.717, 1.165) is 25.7 Å². The van der Waals surface area contributed by atoms with Crippen molar-refractivity contribution in [3.05, 3.63) is 95.3 Å². The number of anilines is 1. The van der Waals surface area contributed by atoms with Crippen molar-refractivity contribution in [1.82, 2.24) is 14.2 Å². The summed E-state index contributed by atoms with van der Waals surface area (Å²) in [6, 6.07) is 16.0. The molecule has 1 atom stereocenters. The molecule has 1 unspecified atom stereocenters. The first-order valence-corrected chi connectivity index (χ1v) is 16.4. The van der Waals surface area contributed by atoms with E-state index >= 15 is 0 Å². The summed E-state index contributed by atoms with van der Waals surface area (Å²) in [4.78, 5) is 49.2. The van der Waals surface area contributed by atoms with Crippen LogP contribution in [0.2, 0.25) is 0 Å². The number of aliphatic hydroxyl groups is 1. The zero-order valence-electron chi connectivity index (χ0n) is 24.5. The first kappa shape index (κ1) is 29.7. The van der Waals surface area contributed by atoms with Gasteiger partial charge < -0.3 is 14.9 Å². The van der Waals surface area contributed by atoms with Crippen LogP contribution in [0, 0.1) is 0 Å². The summed E-state index contributed by atoms with van der Waals surface area (Å²) >= 11 is 0. The third-order valence-corrected chi connectivity index (χ3v) is 10.6. The number of benzene rings is 2. The minimum Gasteiger partial charge on any atom is -0.507 e. The topological polar surface area (TPSA) is 128 Å². The van der Waals surface area contributed by atoms with E-state index in [0.29, 0.717) is 42.9 Å². The number of sulfonamides is 1. The number of carbonyl (C=O) groups is 3. The smallest absolute Gasteiger partial charge is 0.296 e. The van der Waals surface area contributed by atoms with Crippen molar-refractivity contribution < 1.29 is 27.9 Å². The van der Waals surface area contributed by atoms with Gasteiger partial charge in [-0.2, -0.15) is 4.31 Å². The number of rotatable bonds is 7. The van der Waals surface area contributed by atoms with Gasteiger partial charge in [0.25, 0.3) is 17.6 Å². The van der Waals surface area contributed by atoms with Crippen molar-refractivity contribution in [3.8, 4) is 0 Å². The Hall–Kier alpha value is -4.35. The molecule has 3 aliphatic heterocycles. The lowest BCUT2D eigenvalue weighted by molar-refractivity contribution is -0.144. The van der Waals surface area contributed by atoms with Crippen molar-refractivity contribution in [1.29, 1.82) is 0 Å². The van der Waals surface area contributed by atoms with Crippen LogP contribution in [-0.2, 0) is 36.5 Å². The quantitative estimate of drug-likeness (QED) is 0.240. The van der Waals surface area contributed by atoms with Crippen LogP contribution < -0.4 is 4.90 Å². The molecule has 3 aliphatic rings. The van der Waals surface area contributed by atoms with E-state index in [4.69, 9.17) is 0 Å².